The average Bonchev–Trinajstić information content (AvgIpc) is 3.14. The summed E-state index contributed by atoms with van der Waals surface area (Å²) in [7, 11) is 1.29. The van der Waals surface area contributed by atoms with Crippen LogP contribution in [0.15, 0.2) is 54.6 Å². The van der Waals surface area contributed by atoms with Gasteiger partial charge in [-0.2, -0.15) is 0 Å². The van der Waals surface area contributed by atoms with E-state index in [9.17, 15) is 14.4 Å². The standard InChI is InChI=1S/C21H22N2O4/c1-27-21(26)18(23-20(25)17-11-12-19(24)22-17)13-14-7-9-16(10-8-14)15-5-3-2-4-6-15/h2-10,17-18H,11-13H2,1H3,(H,22,24)(H,23,25)/t17-,18+/m0/s1. The smallest absolute Gasteiger partial charge is 0.328 e. The Balaban J connectivity index is 1.68. The number of amides is 2. The summed E-state index contributed by atoms with van der Waals surface area (Å²) in [6.45, 7) is 0. The number of carbonyl (C=O) groups is 3. The van der Waals surface area contributed by atoms with Crippen LogP contribution in [0, 0.1) is 0 Å². The molecule has 27 heavy (non-hydrogen) atoms. The summed E-state index contributed by atoms with van der Waals surface area (Å²) in [6.07, 6.45) is 1.07. The second-order valence-electron chi connectivity index (χ2n) is 6.51. The van der Waals surface area contributed by atoms with E-state index in [2.05, 4.69) is 10.6 Å². The Labute approximate surface area is 157 Å². The van der Waals surface area contributed by atoms with Gasteiger partial charge in [-0.25, -0.2) is 4.79 Å². The first-order valence-electron chi connectivity index (χ1n) is 8.89. The molecule has 2 aromatic carbocycles. The van der Waals surface area contributed by atoms with Crippen molar-refractivity contribution in [1.29, 1.82) is 0 Å². The lowest BCUT2D eigenvalue weighted by Crippen LogP contribution is -2.49. The van der Waals surface area contributed by atoms with Crippen molar-refractivity contribution in [3.05, 3.63) is 60.2 Å². The highest BCUT2D eigenvalue weighted by Crippen LogP contribution is 2.20. The molecule has 2 N–H and O–H groups in total. The van der Waals surface area contributed by atoms with Crippen LogP contribution in [0.4, 0.5) is 0 Å². The number of esters is 1. The molecule has 1 saturated heterocycles. The molecule has 3 rings (SSSR count). The first kappa shape index (κ1) is 18.6. The Hall–Kier alpha value is -3.15. The zero-order valence-electron chi connectivity index (χ0n) is 15.1. The van der Waals surface area contributed by atoms with Gasteiger partial charge in [-0.1, -0.05) is 54.6 Å². The van der Waals surface area contributed by atoms with Gasteiger partial charge < -0.3 is 15.4 Å². The predicted octanol–water partition coefficient (Wildman–Crippen LogP) is 1.83. The van der Waals surface area contributed by atoms with E-state index in [1.54, 1.807) is 0 Å². The van der Waals surface area contributed by atoms with E-state index < -0.39 is 18.1 Å². The number of hydrogen-bond donors (Lipinski definition) is 2. The number of hydrogen-bond acceptors (Lipinski definition) is 4. The van der Waals surface area contributed by atoms with Crippen LogP contribution in [0.3, 0.4) is 0 Å². The van der Waals surface area contributed by atoms with Crippen LogP contribution in [-0.2, 0) is 25.5 Å². The van der Waals surface area contributed by atoms with Gasteiger partial charge in [0.05, 0.1) is 7.11 Å². The van der Waals surface area contributed by atoms with E-state index in [0.29, 0.717) is 19.3 Å². The van der Waals surface area contributed by atoms with Gasteiger partial charge in [0.1, 0.15) is 12.1 Å². The molecule has 0 spiro atoms. The molecule has 1 aliphatic rings. The molecule has 6 heteroatoms. The average molecular weight is 366 g/mol. The maximum absolute atomic E-state index is 12.3. The predicted molar refractivity (Wildman–Crippen MR) is 101 cm³/mol. The third kappa shape index (κ3) is 4.73. The number of nitrogens with one attached hydrogen (secondary N) is 2. The Kier molecular flexibility index (Phi) is 5.86. The van der Waals surface area contributed by atoms with Crippen molar-refractivity contribution >= 4 is 17.8 Å². The van der Waals surface area contributed by atoms with E-state index in [1.165, 1.54) is 7.11 Å². The first-order valence-corrected chi connectivity index (χ1v) is 8.89. The third-order valence-corrected chi connectivity index (χ3v) is 4.61. The summed E-state index contributed by atoms with van der Waals surface area (Å²) >= 11 is 0. The lowest BCUT2D eigenvalue weighted by Gasteiger charge is -2.19. The summed E-state index contributed by atoms with van der Waals surface area (Å²) in [5.74, 6) is -1.03. The summed E-state index contributed by atoms with van der Waals surface area (Å²) < 4.78 is 4.82. The van der Waals surface area contributed by atoms with Gasteiger partial charge in [0.2, 0.25) is 11.8 Å². The van der Waals surface area contributed by atoms with Crippen molar-refractivity contribution in [1.82, 2.24) is 10.6 Å². The number of benzene rings is 2. The molecule has 2 aromatic rings. The number of carbonyl (C=O) groups excluding carboxylic acids is 3. The molecule has 0 aromatic heterocycles. The second-order valence-corrected chi connectivity index (χ2v) is 6.51. The Morgan fingerprint density at radius 3 is 2.37 bits per heavy atom. The lowest BCUT2D eigenvalue weighted by molar-refractivity contribution is -0.145. The maximum atomic E-state index is 12.3. The van der Waals surface area contributed by atoms with E-state index in [0.717, 1.165) is 16.7 Å². The Morgan fingerprint density at radius 2 is 1.78 bits per heavy atom. The molecule has 0 saturated carbocycles. The topological polar surface area (TPSA) is 84.5 Å². The van der Waals surface area contributed by atoms with Crippen LogP contribution in [0.25, 0.3) is 11.1 Å². The normalized spacial score (nSPS) is 17.1. The summed E-state index contributed by atoms with van der Waals surface area (Å²) in [5, 5.41) is 5.30. The van der Waals surface area contributed by atoms with E-state index >= 15 is 0 Å². The molecule has 140 valence electrons. The third-order valence-electron chi connectivity index (χ3n) is 4.61. The minimum absolute atomic E-state index is 0.152. The van der Waals surface area contributed by atoms with Crippen LogP contribution < -0.4 is 10.6 Å². The SMILES string of the molecule is COC(=O)[C@@H](Cc1ccc(-c2ccccc2)cc1)NC(=O)[C@@H]1CCC(=O)N1. The molecule has 0 radical (unpaired) electrons. The van der Waals surface area contributed by atoms with E-state index in [1.807, 2.05) is 54.6 Å². The van der Waals surface area contributed by atoms with Crippen molar-refractivity contribution in [2.24, 2.45) is 0 Å². The minimum atomic E-state index is -0.803. The van der Waals surface area contributed by atoms with Crippen molar-refractivity contribution in [2.45, 2.75) is 31.3 Å². The molecule has 1 aliphatic heterocycles. The maximum Gasteiger partial charge on any atom is 0.328 e. The minimum Gasteiger partial charge on any atom is -0.467 e. The molecule has 0 bridgehead atoms. The van der Waals surface area contributed by atoms with Crippen LogP contribution in [0.2, 0.25) is 0 Å². The van der Waals surface area contributed by atoms with Crippen LogP contribution >= 0.6 is 0 Å². The molecule has 2 atom stereocenters. The van der Waals surface area contributed by atoms with Crippen LogP contribution in [0.5, 0.6) is 0 Å². The van der Waals surface area contributed by atoms with E-state index in [4.69, 9.17) is 4.74 Å². The van der Waals surface area contributed by atoms with Gasteiger partial charge in [0, 0.05) is 12.8 Å². The molecule has 1 fully saturated rings. The highest BCUT2D eigenvalue weighted by molar-refractivity contribution is 5.93. The van der Waals surface area contributed by atoms with Crippen molar-refractivity contribution in [3.8, 4) is 11.1 Å². The molecule has 2 amide bonds. The zero-order valence-corrected chi connectivity index (χ0v) is 15.1. The second kappa shape index (κ2) is 8.49. The van der Waals surface area contributed by atoms with Gasteiger partial charge >= 0.3 is 5.97 Å². The fourth-order valence-corrected chi connectivity index (χ4v) is 3.12. The number of rotatable bonds is 6. The first-order chi connectivity index (χ1) is 13.1. The fourth-order valence-electron chi connectivity index (χ4n) is 3.12. The Morgan fingerprint density at radius 1 is 1.11 bits per heavy atom. The van der Waals surface area contributed by atoms with Crippen molar-refractivity contribution in [2.75, 3.05) is 7.11 Å². The zero-order chi connectivity index (χ0) is 19.2. The molecular formula is C21H22N2O4. The van der Waals surface area contributed by atoms with Gasteiger partial charge in [-0.3, -0.25) is 9.59 Å². The fraction of sp³-hybridized carbons (Fsp3) is 0.286. The van der Waals surface area contributed by atoms with Gasteiger partial charge in [-0.05, 0) is 23.1 Å². The monoisotopic (exact) mass is 366 g/mol. The van der Waals surface area contributed by atoms with Crippen molar-refractivity contribution in [3.63, 3.8) is 0 Å². The van der Waals surface area contributed by atoms with Crippen LogP contribution in [-0.4, -0.2) is 37.0 Å². The van der Waals surface area contributed by atoms with Crippen LogP contribution in [0.1, 0.15) is 18.4 Å². The molecule has 6 nitrogen and oxygen atoms in total. The largest absolute Gasteiger partial charge is 0.467 e. The number of ether oxygens (including phenoxy) is 1. The summed E-state index contributed by atoms with van der Waals surface area (Å²) in [4.78, 5) is 35.7. The highest BCUT2D eigenvalue weighted by atomic mass is 16.5. The van der Waals surface area contributed by atoms with E-state index in [-0.39, 0.29) is 11.8 Å². The molecule has 1 heterocycles. The lowest BCUT2D eigenvalue weighted by atomic mass is 10.0. The van der Waals surface area contributed by atoms with Gasteiger partial charge in [0.15, 0.2) is 0 Å². The summed E-state index contributed by atoms with van der Waals surface area (Å²) in [5.41, 5.74) is 3.09. The molecule has 0 aliphatic carbocycles. The van der Waals surface area contributed by atoms with Crippen molar-refractivity contribution < 1.29 is 19.1 Å². The number of methoxy groups -OCH3 is 1. The van der Waals surface area contributed by atoms with Gasteiger partial charge in [-0.15, -0.1) is 0 Å². The Bertz CT molecular complexity index is 818. The molecular weight excluding hydrogens is 344 g/mol. The quantitative estimate of drug-likeness (QED) is 0.764. The van der Waals surface area contributed by atoms with Gasteiger partial charge in [0.25, 0.3) is 0 Å². The molecule has 0 unspecified atom stereocenters. The summed E-state index contributed by atoms with van der Waals surface area (Å²) in [6, 6.07) is 16.4. The highest BCUT2D eigenvalue weighted by Gasteiger charge is 2.30.